The van der Waals surface area contributed by atoms with E-state index >= 15 is 0 Å². The predicted molar refractivity (Wildman–Crippen MR) is 82.4 cm³/mol. The number of hydrogen-bond acceptors (Lipinski definition) is 0. The minimum atomic E-state index is -0.166. The molecule has 19 heavy (non-hydrogen) atoms. The number of rotatable bonds is 3. The lowest BCUT2D eigenvalue weighted by Gasteiger charge is -2.14. The largest absolute Gasteiger partial charge is 0.207 e. The molecular formula is C17H18BrF. The van der Waals surface area contributed by atoms with Gasteiger partial charge in [-0.3, -0.25) is 0 Å². The van der Waals surface area contributed by atoms with Crippen molar-refractivity contribution in [2.45, 2.75) is 31.5 Å². The Bertz CT molecular complexity index is 558. The molecule has 0 heterocycles. The van der Waals surface area contributed by atoms with Crippen LogP contribution in [-0.2, 0) is 0 Å². The van der Waals surface area contributed by atoms with E-state index in [9.17, 15) is 4.39 Å². The quantitative estimate of drug-likeness (QED) is 0.632. The molecule has 2 rings (SSSR count). The van der Waals surface area contributed by atoms with Gasteiger partial charge >= 0.3 is 0 Å². The molecule has 0 bridgehead atoms. The van der Waals surface area contributed by atoms with Crippen molar-refractivity contribution in [3.63, 3.8) is 0 Å². The van der Waals surface area contributed by atoms with Crippen molar-refractivity contribution in [1.82, 2.24) is 0 Å². The molecule has 0 fully saturated rings. The standard InChI is InChI=1S/C17H18BrF/c1-11(2)13-5-7-14(8-6-13)17(18)15-10-12(3)4-9-16(15)19/h4-11,17H,1-3H3. The highest BCUT2D eigenvalue weighted by atomic mass is 79.9. The lowest BCUT2D eigenvalue weighted by atomic mass is 9.98. The van der Waals surface area contributed by atoms with Crippen LogP contribution in [0, 0.1) is 12.7 Å². The molecule has 0 radical (unpaired) electrons. The summed E-state index contributed by atoms with van der Waals surface area (Å²) in [5.41, 5.74) is 4.14. The van der Waals surface area contributed by atoms with E-state index in [1.807, 2.05) is 13.0 Å². The van der Waals surface area contributed by atoms with Gasteiger partial charge in [0.1, 0.15) is 5.82 Å². The predicted octanol–water partition coefficient (Wildman–Crippen LogP) is 5.74. The third kappa shape index (κ3) is 3.24. The summed E-state index contributed by atoms with van der Waals surface area (Å²) >= 11 is 3.60. The Morgan fingerprint density at radius 3 is 2.11 bits per heavy atom. The van der Waals surface area contributed by atoms with Crippen LogP contribution in [0.2, 0.25) is 0 Å². The molecule has 2 aromatic carbocycles. The zero-order valence-electron chi connectivity index (χ0n) is 11.5. The number of hydrogen-bond donors (Lipinski definition) is 0. The lowest BCUT2D eigenvalue weighted by Crippen LogP contribution is -1.98. The number of alkyl halides is 1. The van der Waals surface area contributed by atoms with Gasteiger partial charge in [0.05, 0.1) is 4.83 Å². The Labute approximate surface area is 122 Å². The van der Waals surface area contributed by atoms with Gasteiger partial charge in [-0.05, 0) is 30.0 Å². The first kappa shape index (κ1) is 14.3. The summed E-state index contributed by atoms with van der Waals surface area (Å²) in [6.07, 6.45) is 0. The Kier molecular flexibility index (Phi) is 4.41. The molecule has 2 heteroatoms. The molecule has 1 atom stereocenters. The first-order valence-electron chi connectivity index (χ1n) is 6.49. The van der Waals surface area contributed by atoms with Crippen molar-refractivity contribution < 1.29 is 4.39 Å². The molecule has 0 N–H and O–H groups in total. The summed E-state index contributed by atoms with van der Waals surface area (Å²) in [5, 5.41) is 0. The van der Waals surface area contributed by atoms with Crippen LogP contribution in [0.4, 0.5) is 4.39 Å². The molecule has 2 aromatic rings. The molecule has 0 spiro atoms. The van der Waals surface area contributed by atoms with E-state index in [-0.39, 0.29) is 10.6 Å². The summed E-state index contributed by atoms with van der Waals surface area (Å²) < 4.78 is 13.9. The van der Waals surface area contributed by atoms with Crippen LogP contribution in [0.1, 0.15) is 46.8 Å². The van der Waals surface area contributed by atoms with Gasteiger partial charge in [0, 0.05) is 5.56 Å². The third-order valence-corrected chi connectivity index (χ3v) is 4.34. The molecular weight excluding hydrogens is 303 g/mol. The van der Waals surface area contributed by atoms with Crippen LogP contribution in [0.15, 0.2) is 42.5 Å². The van der Waals surface area contributed by atoms with Crippen molar-refractivity contribution >= 4 is 15.9 Å². The summed E-state index contributed by atoms with van der Waals surface area (Å²) in [4.78, 5) is -0.103. The van der Waals surface area contributed by atoms with Crippen LogP contribution < -0.4 is 0 Å². The highest BCUT2D eigenvalue weighted by Gasteiger charge is 2.15. The van der Waals surface area contributed by atoms with Gasteiger partial charge < -0.3 is 0 Å². The SMILES string of the molecule is Cc1ccc(F)c(C(Br)c2ccc(C(C)C)cc2)c1. The summed E-state index contributed by atoms with van der Waals surface area (Å²) in [6, 6.07) is 13.6. The van der Waals surface area contributed by atoms with Gasteiger partial charge in [0.2, 0.25) is 0 Å². The smallest absolute Gasteiger partial charge is 0.127 e. The average Bonchev–Trinajstić information content (AvgIpc) is 2.41. The summed E-state index contributed by atoms with van der Waals surface area (Å²) in [7, 11) is 0. The molecule has 0 nitrogen and oxygen atoms in total. The van der Waals surface area contributed by atoms with Crippen molar-refractivity contribution in [3.05, 3.63) is 70.5 Å². The summed E-state index contributed by atoms with van der Waals surface area (Å²) in [5.74, 6) is 0.346. The van der Waals surface area contributed by atoms with Crippen LogP contribution in [0.25, 0.3) is 0 Å². The van der Waals surface area contributed by atoms with Gasteiger partial charge in [0.15, 0.2) is 0 Å². The number of aryl methyl sites for hydroxylation is 1. The maximum absolute atomic E-state index is 13.9. The van der Waals surface area contributed by atoms with Crippen LogP contribution in [-0.4, -0.2) is 0 Å². The van der Waals surface area contributed by atoms with Crippen molar-refractivity contribution in [2.24, 2.45) is 0 Å². The van der Waals surface area contributed by atoms with E-state index in [2.05, 4.69) is 54.0 Å². The average molecular weight is 321 g/mol. The molecule has 1 unspecified atom stereocenters. The maximum atomic E-state index is 13.9. The van der Waals surface area contributed by atoms with Crippen LogP contribution in [0.3, 0.4) is 0 Å². The first-order chi connectivity index (χ1) is 8.99. The van der Waals surface area contributed by atoms with E-state index in [0.717, 1.165) is 11.1 Å². The Morgan fingerprint density at radius 1 is 0.947 bits per heavy atom. The fourth-order valence-corrected chi connectivity index (χ4v) is 2.74. The zero-order valence-corrected chi connectivity index (χ0v) is 13.0. The monoisotopic (exact) mass is 320 g/mol. The van der Waals surface area contributed by atoms with Crippen molar-refractivity contribution in [1.29, 1.82) is 0 Å². The summed E-state index contributed by atoms with van der Waals surface area (Å²) in [6.45, 7) is 6.31. The highest BCUT2D eigenvalue weighted by molar-refractivity contribution is 9.09. The van der Waals surface area contributed by atoms with E-state index in [0.29, 0.717) is 11.5 Å². The van der Waals surface area contributed by atoms with Crippen LogP contribution >= 0.6 is 15.9 Å². The highest BCUT2D eigenvalue weighted by Crippen LogP contribution is 2.33. The maximum Gasteiger partial charge on any atom is 0.127 e. The Hall–Kier alpha value is -1.15. The number of benzene rings is 2. The van der Waals surface area contributed by atoms with Gasteiger partial charge in [-0.15, -0.1) is 0 Å². The van der Waals surface area contributed by atoms with Gasteiger partial charge in [0.25, 0.3) is 0 Å². The van der Waals surface area contributed by atoms with Gasteiger partial charge in [-0.1, -0.05) is 71.7 Å². The van der Waals surface area contributed by atoms with E-state index in [4.69, 9.17) is 0 Å². The lowest BCUT2D eigenvalue weighted by molar-refractivity contribution is 0.613. The molecule has 0 aliphatic carbocycles. The second kappa shape index (κ2) is 5.87. The Morgan fingerprint density at radius 2 is 1.53 bits per heavy atom. The van der Waals surface area contributed by atoms with Crippen LogP contribution in [0.5, 0.6) is 0 Å². The fourth-order valence-electron chi connectivity index (χ4n) is 2.09. The molecule has 100 valence electrons. The van der Waals surface area contributed by atoms with Gasteiger partial charge in [-0.2, -0.15) is 0 Å². The van der Waals surface area contributed by atoms with E-state index < -0.39 is 0 Å². The zero-order chi connectivity index (χ0) is 14.0. The van der Waals surface area contributed by atoms with E-state index in [1.54, 1.807) is 6.07 Å². The molecule has 0 aliphatic rings. The molecule has 0 aliphatic heterocycles. The first-order valence-corrected chi connectivity index (χ1v) is 7.40. The number of halogens is 2. The minimum Gasteiger partial charge on any atom is -0.207 e. The van der Waals surface area contributed by atoms with Crippen molar-refractivity contribution in [3.8, 4) is 0 Å². The Balaban J connectivity index is 2.33. The third-order valence-electron chi connectivity index (χ3n) is 3.32. The minimum absolute atomic E-state index is 0.103. The fraction of sp³-hybridized carbons (Fsp3) is 0.294. The molecule has 0 saturated heterocycles. The van der Waals surface area contributed by atoms with E-state index in [1.165, 1.54) is 11.6 Å². The normalized spacial score (nSPS) is 12.7. The second-order valence-electron chi connectivity index (χ2n) is 5.21. The second-order valence-corrected chi connectivity index (χ2v) is 6.12. The topological polar surface area (TPSA) is 0 Å². The molecule has 0 amide bonds. The van der Waals surface area contributed by atoms with Gasteiger partial charge in [-0.25, -0.2) is 4.39 Å². The molecule has 0 aromatic heterocycles. The molecule has 0 saturated carbocycles. The van der Waals surface area contributed by atoms with Crippen molar-refractivity contribution in [2.75, 3.05) is 0 Å².